The summed E-state index contributed by atoms with van der Waals surface area (Å²) < 4.78 is 17.4. The number of nitrogens with one attached hydrogen (secondary N) is 1. The largest absolute Gasteiger partial charge is 0.485 e. The van der Waals surface area contributed by atoms with Gasteiger partial charge in [-0.15, -0.1) is 10.2 Å². The molecule has 2 amide bonds. The van der Waals surface area contributed by atoms with Crippen molar-refractivity contribution in [3.8, 4) is 11.5 Å². The number of benzene rings is 2. The topological polar surface area (TPSA) is 107 Å². The standard InChI is InChI=1S/C23H22N4O5S/c1-13(20(28)27-15-9-5-4-8-14(15)24-21(29)23(27,2)3)33-22-26-25-19(32-22)18-12-30-16-10-6-7-11-17(16)31-18/h4-11,13,18H,12H2,1-3H3,(H,24,29)/t13-,18-/m1/s1. The average molecular weight is 467 g/mol. The van der Waals surface area contributed by atoms with E-state index in [4.69, 9.17) is 13.9 Å². The molecule has 2 atom stereocenters. The van der Waals surface area contributed by atoms with Crippen LogP contribution in [0.15, 0.2) is 58.2 Å². The molecule has 3 aromatic rings. The van der Waals surface area contributed by atoms with Gasteiger partial charge in [-0.05, 0) is 45.0 Å². The molecule has 0 fully saturated rings. The molecule has 0 radical (unpaired) electrons. The maximum atomic E-state index is 13.5. The number of carbonyl (C=O) groups is 2. The first-order valence-corrected chi connectivity index (χ1v) is 11.4. The zero-order chi connectivity index (χ0) is 23.2. The quantitative estimate of drug-likeness (QED) is 0.578. The van der Waals surface area contributed by atoms with E-state index in [0.717, 1.165) is 11.8 Å². The lowest BCUT2D eigenvalue weighted by Crippen LogP contribution is -2.60. The number of aromatic nitrogens is 2. The number of thioether (sulfide) groups is 1. The Bertz CT molecular complexity index is 1230. The van der Waals surface area contributed by atoms with Gasteiger partial charge in [-0.2, -0.15) is 0 Å². The molecule has 170 valence electrons. The highest BCUT2D eigenvalue weighted by Crippen LogP contribution is 2.39. The number of amides is 2. The summed E-state index contributed by atoms with van der Waals surface area (Å²) in [5.74, 6) is 1.05. The van der Waals surface area contributed by atoms with Crippen molar-refractivity contribution in [3.63, 3.8) is 0 Å². The van der Waals surface area contributed by atoms with E-state index in [-0.39, 0.29) is 29.5 Å². The van der Waals surface area contributed by atoms with Gasteiger partial charge in [-0.1, -0.05) is 36.0 Å². The summed E-state index contributed by atoms with van der Waals surface area (Å²) in [7, 11) is 0. The Labute approximate surface area is 194 Å². The second-order valence-electron chi connectivity index (χ2n) is 8.23. The maximum Gasteiger partial charge on any atom is 0.277 e. The molecular formula is C23H22N4O5S. The number of ether oxygens (including phenoxy) is 2. The lowest BCUT2D eigenvalue weighted by molar-refractivity contribution is -0.126. The van der Waals surface area contributed by atoms with Gasteiger partial charge in [0.25, 0.3) is 11.1 Å². The molecule has 0 spiro atoms. The van der Waals surface area contributed by atoms with Crippen LogP contribution in [0.4, 0.5) is 11.4 Å². The van der Waals surface area contributed by atoms with Crippen LogP contribution in [0.3, 0.4) is 0 Å². The van der Waals surface area contributed by atoms with Gasteiger partial charge in [0.15, 0.2) is 11.5 Å². The fraction of sp³-hybridized carbons (Fsp3) is 0.304. The molecule has 10 heteroatoms. The summed E-state index contributed by atoms with van der Waals surface area (Å²) in [5.41, 5.74) is 0.195. The van der Waals surface area contributed by atoms with E-state index >= 15 is 0 Å². The van der Waals surface area contributed by atoms with E-state index in [9.17, 15) is 9.59 Å². The molecule has 0 aliphatic carbocycles. The number of nitrogens with zero attached hydrogens (tertiary/aromatic N) is 3. The van der Waals surface area contributed by atoms with Crippen LogP contribution in [-0.4, -0.2) is 39.4 Å². The summed E-state index contributed by atoms with van der Waals surface area (Å²) in [6.07, 6.45) is -0.538. The van der Waals surface area contributed by atoms with Crippen molar-refractivity contribution >= 4 is 35.0 Å². The van der Waals surface area contributed by atoms with Crippen molar-refractivity contribution in [2.75, 3.05) is 16.8 Å². The second kappa shape index (κ2) is 8.11. The van der Waals surface area contributed by atoms with Gasteiger partial charge in [0.1, 0.15) is 12.1 Å². The van der Waals surface area contributed by atoms with Gasteiger partial charge >= 0.3 is 0 Å². The van der Waals surface area contributed by atoms with Crippen molar-refractivity contribution in [1.29, 1.82) is 0 Å². The Morgan fingerprint density at radius 3 is 2.70 bits per heavy atom. The third-order valence-corrected chi connectivity index (χ3v) is 6.48. The van der Waals surface area contributed by atoms with E-state index in [1.54, 1.807) is 26.8 Å². The minimum atomic E-state index is -1.05. The van der Waals surface area contributed by atoms with Crippen LogP contribution < -0.4 is 19.7 Å². The average Bonchev–Trinajstić information content (AvgIpc) is 3.27. The van der Waals surface area contributed by atoms with Gasteiger partial charge in [-0.25, -0.2) is 0 Å². The normalized spacial score (nSPS) is 19.4. The van der Waals surface area contributed by atoms with Crippen molar-refractivity contribution in [2.24, 2.45) is 0 Å². The van der Waals surface area contributed by atoms with Crippen molar-refractivity contribution in [1.82, 2.24) is 10.2 Å². The smallest absolute Gasteiger partial charge is 0.277 e. The monoisotopic (exact) mass is 466 g/mol. The Morgan fingerprint density at radius 2 is 1.88 bits per heavy atom. The molecule has 0 unspecified atom stereocenters. The van der Waals surface area contributed by atoms with E-state index in [2.05, 4.69) is 15.5 Å². The van der Waals surface area contributed by atoms with Crippen molar-refractivity contribution < 1.29 is 23.5 Å². The number of carbonyl (C=O) groups excluding carboxylic acids is 2. The SMILES string of the molecule is C[C@@H](Sc1nnc([C@H]2COc3ccccc3O2)o1)C(=O)N1c2ccccc2NC(=O)C1(C)C. The van der Waals surface area contributed by atoms with Crippen molar-refractivity contribution in [3.05, 3.63) is 54.4 Å². The number of hydrogen-bond donors (Lipinski definition) is 1. The van der Waals surface area contributed by atoms with Crippen LogP contribution >= 0.6 is 11.8 Å². The maximum absolute atomic E-state index is 13.5. The fourth-order valence-corrected chi connectivity index (χ4v) is 4.50. The van der Waals surface area contributed by atoms with Crippen LogP contribution in [0.5, 0.6) is 11.5 Å². The molecule has 1 aromatic heterocycles. The highest BCUT2D eigenvalue weighted by Gasteiger charge is 2.45. The van der Waals surface area contributed by atoms with E-state index < -0.39 is 16.9 Å². The van der Waals surface area contributed by atoms with E-state index in [1.807, 2.05) is 42.5 Å². The lowest BCUT2D eigenvalue weighted by Gasteiger charge is -2.42. The predicted octanol–water partition coefficient (Wildman–Crippen LogP) is 3.83. The minimum absolute atomic E-state index is 0.237. The van der Waals surface area contributed by atoms with Crippen LogP contribution in [0.2, 0.25) is 0 Å². The number of rotatable bonds is 4. The van der Waals surface area contributed by atoms with E-state index in [1.165, 1.54) is 4.90 Å². The molecule has 0 saturated heterocycles. The molecule has 33 heavy (non-hydrogen) atoms. The van der Waals surface area contributed by atoms with E-state index in [0.29, 0.717) is 22.9 Å². The van der Waals surface area contributed by atoms with Gasteiger partial charge in [0.2, 0.25) is 17.9 Å². The molecule has 2 aromatic carbocycles. The summed E-state index contributed by atoms with van der Waals surface area (Å²) in [6.45, 7) is 5.43. The lowest BCUT2D eigenvalue weighted by atomic mass is 9.96. The van der Waals surface area contributed by atoms with Crippen LogP contribution in [0, 0.1) is 0 Å². The first kappa shape index (κ1) is 21.3. The summed E-state index contributed by atoms with van der Waals surface area (Å²) in [6, 6.07) is 14.6. The van der Waals surface area contributed by atoms with Crippen molar-refractivity contribution in [2.45, 2.75) is 42.9 Å². The third-order valence-electron chi connectivity index (χ3n) is 5.56. The molecular weight excluding hydrogens is 444 g/mol. The van der Waals surface area contributed by atoms with Crippen LogP contribution in [0.1, 0.15) is 32.8 Å². The summed E-state index contributed by atoms with van der Waals surface area (Å²) >= 11 is 1.13. The molecule has 0 saturated carbocycles. The molecule has 3 heterocycles. The number of anilines is 2. The summed E-state index contributed by atoms with van der Waals surface area (Å²) in [4.78, 5) is 27.7. The Balaban J connectivity index is 1.33. The molecule has 9 nitrogen and oxygen atoms in total. The number of hydrogen-bond acceptors (Lipinski definition) is 8. The number of fused-ring (bicyclic) bond motifs is 2. The molecule has 5 rings (SSSR count). The van der Waals surface area contributed by atoms with Gasteiger partial charge in [0, 0.05) is 0 Å². The Hall–Kier alpha value is -3.53. The fourth-order valence-electron chi connectivity index (χ4n) is 3.77. The zero-order valence-corrected chi connectivity index (χ0v) is 19.1. The second-order valence-corrected chi connectivity index (χ2v) is 9.53. The first-order chi connectivity index (χ1) is 15.8. The van der Waals surface area contributed by atoms with Crippen LogP contribution in [-0.2, 0) is 9.59 Å². The summed E-state index contributed by atoms with van der Waals surface area (Å²) in [5, 5.41) is 10.7. The van der Waals surface area contributed by atoms with Gasteiger partial charge in [0.05, 0.1) is 16.6 Å². The molecule has 1 N–H and O–H groups in total. The zero-order valence-electron chi connectivity index (χ0n) is 18.3. The third kappa shape index (κ3) is 3.80. The van der Waals surface area contributed by atoms with Crippen LogP contribution in [0.25, 0.3) is 0 Å². The van der Waals surface area contributed by atoms with Gasteiger partial charge < -0.3 is 19.2 Å². The highest BCUT2D eigenvalue weighted by molar-refractivity contribution is 8.00. The minimum Gasteiger partial charge on any atom is -0.485 e. The Kier molecular flexibility index (Phi) is 5.24. The first-order valence-electron chi connectivity index (χ1n) is 10.5. The predicted molar refractivity (Wildman–Crippen MR) is 122 cm³/mol. The number of para-hydroxylation sites is 4. The molecule has 2 aliphatic heterocycles. The molecule has 2 aliphatic rings. The highest BCUT2D eigenvalue weighted by atomic mass is 32.2. The Morgan fingerprint density at radius 1 is 1.15 bits per heavy atom. The molecule has 0 bridgehead atoms. The van der Waals surface area contributed by atoms with Gasteiger partial charge in [-0.3, -0.25) is 14.5 Å².